The van der Waals surface area contributed by atoms with E-state index in [-0.39, 0.29) is 17.1 Å². The van der Waals surface area contributed by atoms with Crippen LogP contribution in [0.5, 0.6) is 0 Å². The number of Topliss-reactive ketones (excluding diaryl/α,β-unsaturated/α-hetero) is 1. The van der Waals surface area contributed by atoms with Crippen LogP contribution in [0.1, 0.15) is 32.9 Å². The predicted octanol–water partition coefficient (Wildman–Crippen LogP) is 3.58. The monoisotopic (exact) mass is 540 g/mol. The van der Waals surface area contributed by atoms with Crippen LogP contribution in [0, 0.1) is 13.8 Å². The van der Waals surface area contributed by atoms with Crippen molar-refractivity contribution in [2.24, 2.45) is 14.1 Å². The number of aryl methyl sites for hydroxylation is 2. The molecule has 2 N–H and O–H groups in total. The molecule has 5 aromatic rings. The van der Waals surface area contributed by atoms with E-state index in [1.165, 1.54) is 25.9 Å². The maximum atomic E-state index is 13.2. The fourth-order valence-electron chi connectivity index (χ4n) is 4.75. The maximum absolute atomic E-state index is 13.2. The van der Waals surface area contributed by atoms with Gasteiger partial charge in [-0.15, -0.1) is 10.2 Å². The minimum absolute atomic E-state index is 0.102. The molecule has 39 heavy (non-hydrogen) atoms. The smallest absolute Gasteiger partial charge is 0.332 e. The van der Waals surface area contributed by atoms with Crippen LogP contribution in [0.15, 0.2) is 75.4 Å². The first kappa shape index (κ1) is 26.2. The summed E-state index contributed by atoms with van der Waals surface area (Å²) in [6.07, 6.45) is 0.532. The molecule has 0 spiro atoms. The van der Waals surface area contributed by atoms with E-state index >= 15 is 0 Å². The highest BCUT2D eigenvalue weighted by Crippen LogP contribution is 2.28. The van der Waals surface area contributed by atoms with Gasteiger partial charge in [0.05, 0.1) is 11.4 Å². The van der Waals surface area contributed by atoms with Gasteiger partial charge in [-0.25, -0.2) is 4.79 Å². The molecule has 0 saturated heterocycles. The number of hydrogen-bond donors (Lipinski definition) is 1. The van der Waals surface area contributed by atoms with Gasteiger partial charge in [0.2, 0.25) is 0 Å². The quantitative estimate of drug-likeness (QED) is 0.248. The minimum atomic E-state index is -0.714. The van der Waals surface area contributed by atoms with Crippen LogP contribution in [0.4, 0.5) is 5.82 Å². The van der Waals surface area contributed by atoms with E-state index in [2.05, 4.69) is 40.5 Å². The van der Waals surface area contributed by atoms with Gasteiger partial charge in [0.1, 0.15) is 17.2 Å². The number of nitrogen functional groups attached to an aromatic ring is 1. The molecular formula is C29H28N6O3S. The fourth-order valence-corrected chi connectivity index (χ4v) is 5.58. The Morgan fingerprint density at radius 3 is 2.46 bits per heavy atom. The van der Waals surface area contributed by atoms with Crippen LogP contribution in [0.25, 0.3) is 16.5 Å². The Labute approximate surface area is 228 Å². The first-order chi connectivity index (χ1) is 18.7. The maximum Gasteiger partial charge on any atom is 0.332 e. The van der Waals surface area contributed by atoms with Gasteiger partial charge in [-0.1, -0.05) is 71.9 Å². The zero-order valence-electron chi connectivity index (χ0n) is 22.1. The largest absolute Gasteiger partial charge is 0.384 e. The predicted molar refractivity (Wildman–Crippen MR) is 154 cm³/mol. The Kier molecular flexibility index (Phi) is 6.96. The third-order valence-electron chi connectivity index (χ3n) is 6.84. The summed E-state index contributed by atoms with van der Waals surface area (Å²) in [5, 5.41) is 11.8. The second kappa shape index (κ2) is 10.4. The number of nitrogens with zero attached hydrogens (tertiary/aromatic N) is 5. The summed E-state index contributed by atoms with van der Waals surface area (Å²) in [6.45, 7) is 4.06. The van der Waals surface area contributed by atoms with Crippen LogP contribution in [-0.4, -0.2) is 35.4 Å². The number of anilines is 1. The molecule has 0 saturated carbocycles. The Bertz CT molecular complexity index is 1860. The van der Waals surface area contributed by atoms with E-state index in [9.17, 15) is 14.4 Å². The molecule has 9 nitrogen and oxygen atoms in total. The molecule has 2 heterocycles. The van der Waals surface area contributed by atoms with Crippen molar-refractivity contribution in [1.29, 1.82) is 0 Å². The van der Waals surface area contributed by atoms with E-state index in [4.69, 9.17) is 5.73 Å². The molecule has 0 aliphatic rings. The number of aromatic nitrogens is 5. The summed E-state index contributed by atoms with van der Waals surface area (Å²) in [7, 11) is 2.75. The van der Waals surface area contributed by atoms with Crippen molar-refractivity contribution in [3.8, 4) is 5.69 Å². The zero-order chi connectivity index (χ0) is 27.8. The number of thioether (sulfide) groups is 1. The molecule has 198 valence electrons. The Hall–Kier alpha value is -4.44. The van der Waals surface area contributed by atoms with E-state index in [0.717, 1.165) is 48.1 Å². The number of rotatable bonds is 7. The second-order valence-electron chi connectivity index (χ2n) is 9.52. The molecule has 0 aliphatic carbocycles. The lowest BCUT2D eigenvalue weighted by molar-refractivity contribution is 0.102. The van der Waals surface area contributed by atoms with Crippen molar-refractivity contribution < 1.29 is 4.79 Å². The minimum Gasteiger partial charge on any atom is -0.384 e. The van der Waals surface area contributed by atoms with Crippen molar-refractivity contribution in [2.75, 3.05) is 11.5 Å². The molecule has 10 heteroatoms. The first-order valence-corrected chi connectivity index (χ1v) is 13.4. The van der Waals surface area contributed by atoms with Gasteiger partial charge in [0.15, 0.2) is 10.9 Å². The van der Waals surface area contributed by atoms with Crippen LogP contribution in [0.3, 0.4) is 0 Å². The Balaban J connectivity index is 1.54. The van der Waals surface area contributed by atoms with Crippen LogP contribution < -0.4 is 17.0 Å². The topological polar surface area (TPSA) is 118 Å². The molecular weight excluding hydrogens is 512 g/mol. The van der Waals surface area contributed by atoms with Gasteiger partial charge in [0.25, 0.3) is 5.56 Å². The van der Waals surface area contributed by atoms with Gasteiger partial charge >= 0.3 is 5.69 Å². The van der Waals surface area contributed by atoms with Gasteiger partial charge in [-0.05, 0) is 41.8 Å². The molecule has 0 amide bonds. The number of carbonyl (C=O) groups is 1. The molecule has 5 rings (SSSR count). The lowest BCUT2D eigenvalue weighted by Crippen LogP contribution is -2.41. The number of carbonyl (C=O) groups excluding carboxylic acids is 1. The molecule has 0 unspecified atom stereocenters. The summed E-state index contributed by atoms with van der Waals surface area (Å²) in [5.41, 5.74) is 8.68. The normalized spacial score (nSPS) is 11.3. The molecule has 0 aliphatic heterocycles. The lowest BCUT2D eigenvalue weighted by Gasteiger charge is -2.14. The highest BCUT2D eigenvalue weighted by molar-refractivity contribution is 7.99. The number of hydrogen-bond acceptors (Lipinski definition) is 7. The molecule has 0 bridgehead atoms. The summed E-state index contributed by atoms with van der Waals surface area (Å²) >= 11 is 1.17. The van der Waals surface area contributed by atoms with Crippen LogP contribution >= 0.6 is 11.8 Å². The van der Waals surface area contributed by atoms with Crippen molar-refractivity contribution in [1.82, 2.24) is 23.9 Å². The van der Waals surface area contributed by atoms with E-state index < -0.39 is 17.0 Å². The molecule has 3 aromatic carbocycles. The molecule has 2 aromatic heterocycles. The summed E-state index contributed by atoms with van der Waals surface area (Å²) in [5.74, 6) is -0.0129. The fraction of sp³-hybridized carbons (Fsp3) is 0.207. The van der Waals surface area contributed by atoms with Crippen molar-refractivity contribution in [3.05, 3.63) is 110 Å². The molecule has 0 radical (unpaired) electrons. The second-order valence-corrected chi connectivity index (χ2v) is 10.5. The van der Waals surface area contributed by atoms with Gasteiger partial charge in [-0.2, -0.15) is 0 Å². The number of fused-ring (bicyclic) bond motifs is 1. The SMILES string of the molecule is Cc1ccc(-n2c(Cc3cccc4ccccc34)nnc2SCC(=O)c2c(N)n(C)c(=O)n(C)c2=O)c(C)c1. The zero-order valence-corrected chi connectivity index (χ0v) is 23.0. The van der Waals surface area contributed by atoms with Crippen molar-refractivity contribution in [3.63, 3.8) is 0 Å². The van der Waals surface area contributed by atoms with Gasteiger partial charge < -0.3 is 5.73 Å². The van der Waals surface area contributed by atoms with Crippen molar-refractivity contribution in [2.45, 2.75) is 25.4 Å². The highest BCUT2D eigenvalue weighted by Gasteiger charge is 2.23. The van der Waals surface area contributed by atoms with E-state index in [1.54, 1.807) is 0 Å². The Morgan fingerprint density at radius 1 is 0.949 bits per heavy atom. The average molecular weight is 541 g/mol. The van der Waals surface area contributed by atoms with Crippen molar-refractivity contribution >= 4 is 34.1 Å². The first-order valence-electron chi connectivity index (χ1n) is 12.4. The average Bonchev–Trinajstić information content (AvgIpc) is 3.32. The summed E-state index contributed by atoms with van der Waals surface area (Å²) < 4.78 is 3.95. The third-order valence-corrected chi connectivity index (χ3v) is 7.77. The number of nitrogens with two attached hydrogens (primary N) is 1. The van der Waals surface area contributed by atoms with E-state index in [1.807, 2.05) is 48.7 Å². The third kappa shape index (κ3) is 4.79. The Morgan fingerprint density at radius 2 is 1.69 bits per heavy atom. The van der Waals surface area contributed by atoms with E-state index in [0.29, 0.717) is 11.6 Å². The number of ketones is 1. The highest BCUT2D eigenvalue weighted by atomic mass is 32.2. The molecule has 0 fully saturated rings. The number of benzene rings is 3. The lowest BCUT2D eigenvalue weighted by atomic mass is 10.0. The summed E-state index contributed by atoms with van der Waals surface area (Å²) in [4.78, 5) is 38.1. The van der Waals surface area contributed by atoms with Crippen LogP contribution in [0.2, 0.25) is 0 Å². The van der Waals surface area contributed by atoms with Gasteiger partial charge in [-0.3, -0.25) is 23.3 Å². The standard InChI is InChI=1S/C29H28N6O3S/c1-17-12-13-22(18(2)14-17)35-24(15-20-10-7-9-19-8-5-6-11-21(19)20)31-32-28(35)39-16-23(36)25-26(30)33(3)29(38)34(4)27(25)37/h5-14H,15-16,30H2,1-4H3. The van der Waals surface area contributed by atoms with Crippen LogP contribution in [-0.2, 0) is 20.5 Å². The molecule has 0 atom stereocenters. The summed E-state index contributed by atoms with van der Waals surface area (Å²) in [6, 6.07) is 20.5. The van der Waals surface area contributed by atoms with Gasteiger partial charge in [0, 0.05) is 20.5 Å².